The lowest BCUT2D eigenvalue weighted by Crippen LogP contribution is -2.34. The predicted octanol–water partition coefficient (Wildman–Crippen LogP) is 0.199. The van der Waals surface area contributed by atoms with E-state index in [4.69, 9.17) is 5.73 Å². The molecule has 1 aromatic rings. The average molecular weight is 179 g/mol. The van der Waals surface area contributed by atoms with Gasteiger partial charge in [-0.2, -0.15) is 0 Å². The quantitative estimate of drug-likeness (QED) is 0.645. The minimum Gasteiger partial charge on any atom is -0.351 e. The minimum absolute atomic E-state index is 0.310. The average Bonchev–Trinajstić information content (AvgIpc) is 2.04. The van der Waals surface area contributed by atoms with Crippen LogP contribution in [0.1, 0.15) is 16.1 Å². The van der Waals surface area contributed by atoms with Crippen molar-refractivity contribution in [1.29, 1.82) is 0 Å². The standard InChI is InChI=1S/C8H9N3O2/c1-5-2-3-6(4-10-5)7(12)11-8(9)13/h2-4H,1H3,(H3,9,11,12,13). The summed E-state index contributed by atoms with van der Waals surface area (Å²) in [6.07, 6.45) is 1.38. The van der Waals surface area contributed by atoms with Gasteiger partial charge in [-0.25, -0.2) is 4.79 Å². The number of rotatable bonds is 1. The zero-order valence-electron chi connectivity index (χ0n) is 7.07. The lowest BCUT2D eigenvalue weighted by Gasteiger charge is -1.99. The molecule has 0 saturated carbocycles. The van der Waals surface area contributed by atoms with Crippen molar-refractivity contribution in [3.05, 3.63) is 29.6 Å². The summed E-state index contributed by atoms with van der Waals surface area (Å²) in [5.74, 6) is -0.542. The van der Waals surface area contributed by atoms with E-state index in [0.717, 1.165) is 5.69 Å². The minimum atomic E-state index is -0.870. The number of carbonyl (C=O) groups excluding carboxylic acids is 2. The van der Waals surface area contributed by atoms with Gasteiger partial charge in [0.2, 0.25) is 0 Å². The highest BCUT2D eigenvalue weighted by atomic mass is 16.2. The molecule has 0 bridgehead atoms. The summed E-state index contributed by atoms with van der Waals surface area (Å²) in [5, 5.41) is 1.94. The monoisotopic (exact) mass is 179 g/mol. The van der Waals surface area contributed by atoms with E-state index in [9.17, 15) is 9.59 Å². The van der Waals surface area contributed by atoms with E-state index in [1.807, 2.05) is 5.32 Å². The van der Waals surface area contributed by atoms with E-state index >= 15 is 0 Å². The van der Waals surface area contributed by atoms with Crippen molar-refractivity contribution in [3.63, 3.8) is 0 Å². The van der Waals surface area contributed by atoms with Gasteiger partial charge in [0.25, 0.3) is 5.91 Å². The number of hydrogen-bond acceptors (Lipinski definition) is 3. The molecule has 0 aliphatic rings. The summed E-state index contributed by atoms with van der Waals surface area (Å²) in [6, 6.07) is 2.38. The van der Waals surface area contributed by atoms with Crippen LogP contribution in [-0.4, -0.2) is 16.9 Å². The van der Waals surface area contributed by atoms with Crippen LogP contribution in [0.5, 0.6) is 0 Å². The Kier molecular flexibility index (Phi) is 2.59. The molecule has 0 atom stereocenters. The number of nitrogens with zero attached hydrogens (tertiary/aromatic N) is 1. The second kappa shape index (κ2) is 3.66. The Labute approximate surface area is 75.0 Å². The third kappa shape index (κ3) is 2.55. The highest BCUT2D eigenvalue weighted by Gasteiger charge is 2.06. The number of amides is 3. The lowest BCUT2D eigenvalue weighted by molar-refractivity contribution is 0.0966. The Bertz CT molecular complexity index is 332. The molecule has 1 rings (SSSR count). The number of nitrogens with two attached hydrogens (primary N) is 1. The third-order valence-corrected chi connectivity index (χ3v) is 1.41. The first-order valence-corrected chi connectivity index (χ1v) is 3.63. The number of pyridine rings is 1. The fourth-order valence-corrected chi connectivity index (χ4v) is 0.786. The van der Waals surface area contributed by atoms with Crippen molar-refractivity contribution < 1.29 is 9.59 Å². The Morgan fingerprint density at radius 2 is 2.15 bits per heavy atom. The van der Waals surface area contributed by atoms with E-state index < -0.39 is 11.9 Å². The first kappa shape index (κ1) is 9.18. The van der Waals surface area contributed by atoms with Crippen molar-refractivity contribution in [2.75, 3.05) is 0 Å². The first-order chi connectivity index (χ1) is 6.09. The molecule has 3 N–H and O–H groups in total. The fourth-order valence-electron chi connectivity index (χ4n) is 0.786. The molecule has 0 unspecified atom stereocenters. The lowest BCUT2D eigenvalue weighted by atomic mass is 10.2. The van der Waals surface area contributed by atoms with E-state index in [2.05, 4.69) is 4.98 Å². The number of hydrogen-bond donors (Lipinski definition) is 2. The van der Waals surface area contributed by atoms with Gasteiger partial charge in [0.05, 0.1) is 5.56 Å². The Morgan fingerprint density at radius 1 is 1.46 bits per heavy atom. The highest BCUT2D eigenvalue weighted by molar-refractivity contribution is 6.03. The zero-order chi connectivity index (χ0) is 9.84. The molecule has 0 saturated heterocycles. The first-order valence-electron chi connectivity index (χ1n) is 3.63. The molecule has 13 heavy (non-hydrogen) atoms. The molecule has 0 aliphatic carbocycles. The SMILES string of the molecule is Cc1ccc(C(=O)NC(N)=O)cn1. The van der Waals surface area contributed by atoms with Gasteiger partial charge in [-0.1, -0.05) is 0 Å². The molecule has 1 heterocycles. The summed E-state index contributed by atoms with van der Waals surface area (Å²) in [5.41, 5.74) is 5.88. The van der Waals surface area contributed by atoms with Crippen molar-refractivity contribution in [3.8, 4) is 0 Å². The Hall–Kier alpha value is -1.91. The van der Waals surface area contributed by atoms with E-state index in [-0.39, 0.29) is 0 Å². The van der Waals surface area contributed by atoms with Gasteiger partial charge in [-0.15, -0.1) is 0 Å². The van der Waals surface area contributed by atoms with Crippen LogP contribution in [-0.2, 0) is 0 Å². The van der Waals surface area contributed by atoms with Crippen LogP contribution < -0.4 is 11.1 Å². The van der Waals surface area contributed by atoms with Crippen LogP contribution in [0.3, 0.4) is 0 Å². The fraction of sp³-hybridized carbons (Fsp3) is 0.125. The number of urea groups is 1. The number of primary amides is 1. The summed E-state index contributed by atoms with van der Waals surface area (Å²) < 4.78 is 0. The molecule has 0 spiro atoms. The van der Waals surface area contributed by atoms with Crippen LogP contribution in [0.4, 0.5) is 4.79 Å². The third-order valence-electron chi connectivity index (χ3n) is 1.41. The smallest absolute Gasteiger partial charge is 0.319 e. The molecule has 0 aliphatic heterocycles. The molecule has 0 fully saturated rings. The van der Waals surface area contributed by atoms with Gasteiger partial charge >= 0.3 is 6.03 Å². The zero-order valence-corrected chi connectivity index (χ0v) is 7.07. The number of aryl methyl sites for hydroxylation is 1. The maximum atomic E-state index is 11.1. The topological polar surface area (TPSA) is 85.1 Å². The van der Waals surface area contributed by atoms with Crippen molar-refractivity contribution in [2.45, 2.75) is 6.92 Å². The summed E-state index contributed by atoms with van der Waals surface area (Å²) >= 11 is 0. The molecule has 68 valence electrons. The molecular weight excluding hydrogens is 170 g/mol. The van der Waals surface area contributed by atoms with Crippen molar-refractivity contribution >= 4 is 11.9 Å². The second-order valence-electron chi connectivity index (χ2n) is 2.51. The van der Waals surface area contributed by atoms with Crippen LogP contribution in [0.25, 0.3) is 0 Å². The summed E-state index contributed by atoms with van der Waals surface area (Å²) in [4.78, 5) is 25.3. The largest absolute Gasteiger partial charge is 0.351 e. The van der Waals surface area contributed by atoms with Gasteiger partial charge in [-0.05, 0) is 19.1 Å². The number of carbonyl (C=O) groups is 2. The normalized spacial score (nSPS) is 9.31. The van der Waals surface area contributed by atoms with E-state index in [1.54, 1.807) is 19.1 Å². The van der Waals surface area contributed by atoms with Gasteiger partial charge in [0.1, 0.15) is 0 Å². The van der Waals surface area contributed by atoms with Crippen molar-refractivity contribution in [1.82, 2.24) is 10.3 Å². The molecule has 5 nitrogen and oxygen atoms in total. The molecule has 5 heteroatoms. The summed E-state index contributed by atoms with van der Waals surface area (Å²) in [7, 11) is 0. The Balaban J connectivity index is 2.78. The van der Waals surface area contributed by atoms with Gasteiger partial charge in [0, 0.05) is 11.9 Å². The van der Waals surface area contributed by atoms with Crippen LogP contribution in [0.15, 0.2) is 18.3 Å². The van der Waals surface area contributed by atoms with Gasteiger partial charge in [-0.3, -0.25) is 15.1 Å². The highest BCUT2D eigenvalue weighted by Crippen LogP contribution is 1.98. The molecule has 0 aromatic carbocycles. The van der Waals surface area contributed by atoms with Crippen molar-refractivity contribution in [2.24, 2.45) is 5.73 Å². The van der Waals surface area contributed by atoms with Gasteiger partial charge in [0.15, 0.2) is 0 Å². The second-order valence-corrected chi connectivity index (χ2v) is 2.51. The summed E-state index contributed by atoms with van der Waals surface area (Å²) in [6.45, 7) is 1.80. The van der Waals surface area contributed by atoms with Gasteiger partial charge < -0.3 is 5.73 Å². The molecule has 1 aromatic heterocycles. The molecule has 3 amide bonds. The number of aromatic nitrogens is 1. The van der Waals surface area contributed by atoms with E-state index in [1.165, 1.54) is 6.20 Å². The van der Waals surface area contributed by atoms with E-state index in [0.29, 0.717) is 5.56 Å². The van der Waals surface area contributed by atoms with Crippen LogP contribution in [0.2, 0.25) is 0 Å². The molecular formula is C8H9N3O2. The van der Waals surface area contributed by atoms with Crippen LogP contribution in [0, 0.1) is 6.92 Å². The maximum absolute atomic E-state index is 11.1. The Morgan fingerprint density at radius 3 is 2.62 bits per heavy atom. The predicted molar refractivity (Wildman–Crippen MR) is 46.0 cm³/mol. The number of nitrogens with one attached hydrogen (secondary N) is 1. The number of imide groups is 1. The molecule has 0 radical (unpaired) electrons. The van der Waals surface area contributed by atoms with Crippen LogP contribution >= 0.6 is 0 Å². The maximum Gasteiger partial charge on any atom is 0.319 e.